The fourth-order valence-corrected chi connectivity index (χ4v) is 1.93. The molecule has 0 radical (unpaired) electrons. The largest absolute Gasteiger partial charge is 0.453 e. The molecule has 0 aromatic heterocycles. The molecule has 0 aromatic rings. The zero-order valence-electron chi connectivity index (χ0n) is 8.50. The predicted octanol–water partition coefficient (Wildman–Crippen LogP) is 0.824. The molecule has 2 rings (SSSR count). The Kier molecular flexibility index (Phi) is 2.54. The third kappa shape index (κ3) is 1.90. The number of halogens is 2. The van der Waals surface area contributed by atoms with Gasteiger partial charge in [-0.15, -0.1) is 0 Å². The average molecular weight is 220 g/mol. The molecule has 4 nitrogen and oxygen atoms in total. The predicted molar refractivity (Wildman–Crippen MR) is 48.9 cm³/mol. The Labute approximate surface area is 86.6 Å². The van der Waals surface area contributed by atoms with Crippen LogP contribution in [0.2, 0.25) is 0 Å². The number of alkyl halides is 2. The maximum absolute atomic E-state index is 13.4. The van der Waals surface area contributed by atoms with Crippen LogP contribution in [0.5, 0.6) is 0 Å². The molecule has 1 saturated carbocycles. The van der Waals surface area contributed by atoms with Crippen molar-refractivity contribution in [3.05, 3.63) is 0 Å². The van der Waals surface area contributed by atoms with Crippen molar-refractivity contribution in [1.82, 2.24) is 10.2 Å². The number of nitrogens with one attached hydrogen (secondary N) is 1. The van der Waals surface area contributed by atoms with Crippen molar-refractivity contribution < 1.29 is 18.3 Å². The molecular weight excluding hydrogens is 206 g/mol. The highest BCUT2D eigenvalue weighted by molar-refractivity contribution is 5.69. The summed E-state index contributed by atoms with van der Waals surface area (Å²) in [7, 11) is 1.22. The van der Waals surface area contributed by atoms with Crippen molar-refractivity contribution in [3.8, 4) is 0 Å². The van der Waals surface area contributed by atoms with E-state index in [-0.39, 0.29) is 19.1 Å². The van der Waals surface area contributed by atoms with Gasteiger partial charge < -0.3 is 10.1 Å². The first-order chi connectivity index (χ1) is 7.06. The standard InChI is InChI=1S/C9H14F2N2O2/c1-15-8(14)13(6-2-3-6)7-4-12-5-9(7,10)11/h6-7,12H,2-5H2,1H3. The third-order valence-electron chi connectivity index (χ3n) is 2.85. The molecular formula is C9H14F2N2O2. The molecule has 86 valence electrons. The second kappa shape index (κ2) is 3.59. The lowest BCUT2D eigenvalue weighted by molar-refractivity contribution is -0.0459. The topological polar surface area (TPSA) is 41.6 Å². The van der Waals surface area contributed by atoms with E-state index in [1.165, 1.54) is 12.0 Å². The summed E-state index contributed by atoms with van der Waals surface area (Å²) in [6.07, 6.45) is 0.939. The summed E-state index contributed by atoms with van der Waals surface area (Å²) in [6, 6.07) is -1.12. The van der Waals surface area contributed by atoms with Gasteiger partial charge in [0.05, 0.1) is 13.7 Å². The number of carbonyl (C=O) groups is 1. The van der Waals surface area contributed by atoms with Gasteiger partial charge in [0, 0.05) is 12.6 Å². The Morgan fingerprint density at radius 3 is 2.60 bits per heavy atom. The van der Waals surface area contributed by atoms with Crippen LogP contribution in [0.15, 0.2) is 0 Å². The van der Waals surface area contributed by atoms with Crippen LogP contribution in [0.3, 0.4) is 0 Å². The number of ether oxygens (including phenoxy) is 1. The fourth-order valence-electron chi connectivity index (χ4n) is 1.93. The van der Waals surface area contributed by atoms with Gasteiger partial charge in [-0.3, -0.25) is 4.90 Å². The monoisotopic (exact) mass is 220 g/mol. The van der Waals surface area contributed by atoms with E-state index in [4.69, 9.17) is 0 Å². The Morgan fingerprint density at radius 2 is 2.20 bits per heavy atom. The SMILES string of the molecule is COC(=O)N(C1CC1)C1CNCC1(F)F. The van der Waals surface area contributed by atoms with Crippen LogP contribution in [0.25, 0.3) is 0 Å². The number of amides is 1. The van der Waals surface area contributed by atoms with Crippen LogP contribution in [-0.4, -0.2) is 49.2 Å². The van der Waals surface area contributed by atoms with E-state index in [9.17, 15) is 13.6 Å². The summed E-state index contributed by atoms with van der Waals surface area (Å²) < 4.78 is 31.4. The molecule has 15 heavy (non-hydrogen) atoms. The minimum Gasteiger partial charge on any atom is -0.453 e. The van der Waals surface area contributed by atoms with E-state index < -0.39 is 18.1 Å². The molecule has 6 heteroatoms. The Bertz CT molecular complexity index is 269. The summed E-state index contributed by atoms with van der Waals surface area (Å²) in [5, 5.41) is 2.61. The van der Waals surface area contributed by atoms with Crippen molar-refractivity contribution in [3.63, 3.8) is 0 Å². The number of hydrogen-bond acceptors (Lipinski definition) is 3. The second-order valence-corrected chi connectivity index (χ2v) is 4.02. The summed E-state index contributed by atoms with van der Waals surface area (Å²) in [5.41, 5.74) is 0. The van der Waals surface area contributed by atoms with Gasteiger partial charge in [0.15, 0.2) is 0 Å². The van der Waals surface area contributed by atoms with E-state index in [1.54, 1.807) is 0 Å². The van der Waals surface area contributed by atoms with Crippen molar-refractivity contribution in [2.45, 2.75) is 30.8 Å². The van der Waals surface area contributed by atoms with Crippen LogP contribution >= 0.6 is 0 Å². The van der Waals surface area contributed by atoms with Gasteiger partial charge in [0.25, 0.3) is 5.92 Å². The molecule has 2 fully saturated rings. The Morgan fingerprint density at radius 1 is 1.53 bits per heavy atom. The zero-order valence-corrected chi connectivity index (χ0v) is 8.50. The van der Waals surface area contributed by atoms with Gasteiger partial charge in [-0.05, 0) is 12.8 Å². The number of methoxy groups -OCH3 is 1. The Balaban J connectivity index is 2.13. The zero-order chi connectivity index (χ0) is 11.1. The summed E-state index contributed by atoms with van der Waals surface area (Å²) in [5.74, 6) is -2.85. The van der Waals surface area contributed by atoms with Gasteiger partial charge in [0.1, 0.15) is 6.04 Å². The lowest BCUT2D eigenvalue weighted by Gasteiger charge is -2.30. The van der Waals surface area contributed by atoms with Crippen molar-refractivity contribution in [2.75, 3.05) is 20.2 Å². The molecule has 1 amide bonds. The molecule has 0 aromatic carbocycles. The van der Waals surface area contributed by atoms with Gasteiger partial charge >= 0.3 is 6.09 Å². The van der Waals surface area contributed by atoms with E-state index in [0.29, 0.717) is 0 Å². The maximum Gasteiger partial charge on any atom is 0.410 e. The molecule has 1 N–H and O–H groups in total. The molecule has 0 bridgehead atoms. The Hall–Kier alpha value is -0.910. The molecule has 1 atom stereocenters. The van der Waals surface area contributed by atoms with Crippen molar-refractivity contribution in [1.29, 1.82) is 0 Å². The molecule has 2 aliphatic rings. The first kappa shape index (κ1) is 10.6. The smallest absolute Gasteiger partial charge is 0.410 e. The van der Waals surface area contributed by atoms with Gasteiger partial charge in [-0.25, -0.2) is 13.6 Å². The number of nitrogens with zero attached hydrogens (tertiary/aromatic N) is 1. The second-order valence-electron chi connectivity index (χ2n) is 4.02. The van der Waals surface area contributed by atoms with Crippen molar-refractivity contribution >= 4 is 6.09 Å². The van der Waals surface area contributed by atoms with Crippen LogP contribution in [0.4, 0.5) is 13.6 Å². The van der Waals surface area contributed by atoms with E-state index in [1.807, 2.05) is 0 Å². The first-order valence-electron chi connectivity index (χ1n) is 5.01. The first-order valence-corrected chi connectivity index (χ1v) is 5.01. The maximum atomic E-state index is 13.4. The fraction of sp³-hybridized carbons (Fsp3) is 0.889. The number of rotatable bonds is 2. The summed E-state index contributed by atoms with van der Waals surface area (Å²) >= 11 is 0. The molecule has 1 unspecified atom stereocenters. The van der Waals surface area contributed by atoms with Crippen LogP contribution in [0.1, 0.15) is 12.8 Å². The van der Waals surface area contributed by atoms with Crippen LogP contribution < -0.4 is 5.32 Å². The van der Waals surface area contributed by atoms with Crippen LogP contribution in [-0.2, 0) is 4.74 Å². The minimum atomic E-state index is -2.85. The minimum absolute atomic E-state index is 0.0618. The molecule has 1 saturated heterocycles. The van der Waals surface area contributed by atoms with Gasteiger partial charge in [-0.1, -0.05) is 0 Å². The summed E-state index contributed by atoms with van der Waals surface area (Å²) in [6.45, 7) is -0.226. The lowest BCUT2D eigenvalue weighted by atomic mass is 10.1. The quantitative estimate of drug-likeness (QED) is 0.749. The lowest BCUT2D eigenvalue weighted by Crippen LogP contribution is -2.51. The van der Waals surface area contributed by atoms with E-state index in [2.05, 4.69) is 10.1 Å². The highest BCUT2D eigenvalue weighted by Gasteiger charge is 2.52. The third-order valence-corrected chi connectivity index (χ3v) is 2.85. The summed E-state index contributed by atoms with van der Waals surface area (Å²) in [4.78, 5) is 12.6. The molecule has 1 heterocycles. The molecule has 0 spiro atoms. The van der Waals surface area contributed by atoms with Crippen LogP contribution in [0, 0.1) is 0 Å². The van der Waals surface area contributed by atoms with Crippen molar-refractivity contribution in [2.24, 2.45) is 0 Å². The highest BCUT2D eigenvalue weighted by atomic mass is 19.3. The number of carbonyl (C=O) groups excluding carboxylic acids is 1. The average Bonchev–Trinajstić information content (AvgIpc) is 2.94. The molecule has 1 aliphatic heterocycles. The molecule has 1 aliphatic carbocycles. The van der Waals surface area contributed by atoms with Gasteiger partial charge in [-0.2, -0.15) is 0 Å². The highest BCUT2D eigenvalue weighted by Crippen LogP contribution is 2.35. The van der Waals surface area contributed by atoms with E-state index in [0.717, 1.165) is 12.8 Å². The number of hydrogen-bond donors (Lipinski definition) is 1. The van der Waals surface area contributed by atoms with E-state index >= 15 is 0 Å². The van der Waals surface area contributed by atoms with Gasteiger partial charge in [0.2, 0.25) is 0 Å². The normalized spacial score (nSPS) is 28.9.